The van der Waals surface area contributed by atoms with E-state index < -0.39 is 0 Å². The van der Waals surface area contributed by atoms with Crippen LogP contribution in [0.5, 0.6) is 0 Å². The van der Waals surface area contributed by atoms with E-state index in [0.29, 0.717) is 22.3 Å². The number of nitrogens with one attached hydrogen (secondary N) is 1. The molecule has 0 radical (unpaired) electrons. The summed E-state index contributed by atoms with van der Waals surface area (Å²) in [7, 11) is 0. The summed E-state index contributed by atoms with van der Waals surface area (Å²) >= 11 is 12.0. The highest BCUT2D eigenvalue weighted by Gasteiger charge is 2.36. The Kier molecular flexibility index (Phi) is 4.20. The third-order valence-electron chi connectivity index (χ3n) is 4.37. The molecule has 108 valence electrons. The normalized spacial score (nSPS) is 25.7. The molecule has 1 aliphatic heterocycles. The number of hydrogen-bond donors (Lipinski definition) is 1. The Morgan fingerprint density at radius 2 is 1.95 bits per heavy atom. The summed E-state index contributed by atoms with van der Waals surface area (Å²) in [4.78, 5) is 14.3. The van der Waals surface area contributed by atoms with E-state index in [1.807, 2.05) is 0 Å². The second-order valence-electron chi connectivity index (χ2n) is 5.82. The molecule has 2 fully saturated rings. The Balaban J connectivity index is 1.56. The maximum absolute atomic E-state index is 12.1. The summed E-state index contributed by atoms with van der Waals surface area (Å²) in [5, 5.41) is 3.93. The maximum atomic E-state index is 12.1. The number of benzene rings is 1. The number of amides is 1. The van der Waals surface area contributed by atoms with Crippen molar-refractivity contribution in [2.24, 2.45) is 11.8 Å². The second-order valence-corrected chi connectivity index (χ2v) is 6.66. The largest absolute Gasteiger partial charge is 0.324 e. The van der Waals surface area contributed by atoms with E-state index in [1.54, 1.807) is 18.2 Å². The standard InChI is InChI=1S/C15H18Cl2N2O/c16-12-4-5-13(17)14(6-12)18-15(20)9-19-7-10-2-1-3-11(10)8-19/h4-6,10-11H,1-3,7-9H2,(H,18,20). The predicted molar refractivity (Wildman–Crippen MR) is 82.4 cm³/mol. The molecule has 0 spiro atoms. The quantitative estimate of drug-likeness (QED) is 0.923. The zero-order valence-electron chi connectivity index (χ0n) is 11.2. The van der Waals surface area contributed by atoms with E-state index in [-0.39, 0.29) is 5.91 Å². The van der Waals surface area contributed by atoms with E-state index in [1.165, 1.54) is 19.3 Å². The van der Waals surface area contributed by atoms with Crippen LogP contribution in [0, 0.1) is 11.8 Å². The number of nitrogens with zero attached hydrogens (tertiary/aromatic N) is 1. The van der Waals surface area contributed by atoms with Gasteiger partial charge in [-0.2, -0.15) is 0 Å². The van der Waals surface area contributed by atoms with Crippen molar-refractivity contribution >= 4 is 34.8 Å². The van der Waals surface area contributed by atoms with Gasteiger partial charge in [-0.25, -0.2) is 0 Å². The van der Waals surface area contributed by atoms with Gasteiger partial charge in [0.05, 0.1) is 17.3 Å². The van der Waals surface area contributed by atoms with Gasteiger partial charge in [0.25, 0.3) is 0 Å². The molecule has 1 N–H and O–H groups in total. The first kappa shape index (κ1) is 14.2. The number of rotatable bonds is 3. The van der Waals surface area contributed by atoms with Crippen LogP contribution in [-0.2, 0) is 4.79 Å². The lowest BCUT2D eigenvalue weighted by Gasteiger charge is -2.16. The molecule has 0 bridgehead atoms. The Morgan fingerprint density at radius 3 is 2.65 bits per heavy atom. The van der Waals surface area contributed by atoms with Crippen molar-refractivity contribution in [3.8, 4) is 0 Å². The fourth-order valence-corrected chi connectivity index (χ4v) is 3.78. The fourth-order valence-electron chi connectivity index (χ4n) is 3.45. The molecule has 1 aliphatic carbocycles. The van der Waals surface area contributed by atoms with Crippen LogP contribution in [0.1, 0.15) is 19.3 Å². The Bertz CT molecular complexity index is 509. The third-order valence-corrected chi connectivity index (χ3v) is 4.94. The van der Waals surface area contributed by atoms with Crippen molar-refractivity contribution in [2.45, 2.75) is 19.3 Å². The van der Waals surface area contributed by atoms with Crippen LogP contribution in [0.4, 0.5) is 5.69 Å². The maximum Gasteiger partial charge on any atom is 0.238 e. The molecule has 3 rings (SSSR count). The molecular formula is C15H18Cl2N2O. The molecule has 0 aromatic heterocycles. The van der Waals surface area contributed by atoms with Gasteiger partial charge in [-0.3, -0.25) is 9.69 Å². The van der Waals surface area contributed by atoms with Crippen molar-refractivity contribution in [1.29, 1.82) is 0 Å². The molecular weight excluding hydrogens is 295 g/mol. The van der Waals surface area contributed by atoms with Crippen LogP contribution in [-0.4, -0.2) is 30.4 Å². The van der Waals surface area contributed by atoms with Crippen molar-refractivity contribution in [1.82, 2.24) is 4.90 Å². The highest BCUT2D eigenvalue weighted by molar-refractivity contribution is 6.35. The lowest BCUT2D eigenvalue weighted by atomic mass is 10.0. The van der Waals surface area contributed by atoms with E-state index in [4.69, 9.17) is 23.2 Å². The average molecular weight is 313 g/mol. The van der Waals surface area contributed by atoms with Crippen molar-refractivity contribution in [3.05, 3.63) is 28.2 Å². The van der Waals surface area contributed by atoms with Crippen LogP contribution in [0.25, 0.3) is 0 Å². The number of halogens is 2. The first-order chi connectivity index (χ1) is 9.61. The van der Waals surface area contributed by atoms with Crippen LogP contribution in [0.15, 0.2) is 18.2 Å². The lowest BCUT2D eigenvalue weighted by Crippen LogP contribution is -2.32. The fraction of sp³-hybridized carbons (Fsp3) is 0.533. The molecule has 1 heterocycles. The summed E-state index contributed by atoms with van der Waals surface area (Å²) in [5.74, 6) is 1.59. The average Bonchev–Trinajstić information content (AvgIpc) is 2.94. The highest BCUT2D eigenvalue weighted by Crippen LogP contribution is 2.37. The van der Waals surface area contributed by atoms with Gasteiger partial charge in [-0.15, -0.1) is 0 Å². The number of anilines is 1. The lowest BCUT2D eigenvalue weighted by molar-refractivity contribution is -0.117. The smallest absolute Gasteiger partial charge is 0.238 e. The van der Waals surface area contributed by atoms with Gasteiger partial charge in [0.2, 0.25) is 5.91 Å². The summed E-state index contributed by atoms with van der Waals surface area (Å²) in [6.45, 7) is 2.55. The van der Waals surface area contributed by atoms with Gasteiger partial charge in [0.1, 0.15) is 0 Å². The van der Waals surface area contributed by atoms with Crippen LogP contribution < -0.4 is 5.32 Å². The highest BCUT2D eigenvalue weighted by atomic mass is 35.5. The zero-order valence-corrected chi connectivity index (χ0v) is 12.8. The van der Waals surface area contributed by atoms with Crippen molar-refractivity contribution in [3.63, 3.8) is 0 Å². The number of likely N-dealkylation sites (tertiary alicyclic amines) is 1. The molecule has 5 heteroatoms. The Morgan fingerprint density at radius 1 is 1.25 bits per heavy atom. The number of carbonyl (C=O) groups is 1. The summed E-state index contributed by atoms with van der Waals surface area (Å²) in [5.41, 5.74) is 0.587. The van der Waals surface area contributed by atoms with E-state index in [0.717, 1.165) is 24.9 Å². The van der Waals surface area contributed by atoms with Gasteiger partial charge in [0, 0.05) is 18.1 Å². The Hall–Kier alpha value is -0.770. The molecule has 20 heavy (non-hydrogen) atoms. The number of fused-ring (bicyclic) bond motifs is 1. The predicted octanol–water partition coefficient (Wildman–Crippen LogP) is 3.66. The number of carbonyl (C=O) groups excluding carboxylic acids is 1. The van der Waals surface area contributed by atoms with Gasteiger partial charge >= 0.3 is 0 Å². The topological polar surface area (TPSA) is 32.3 Å². The van der Waals surface area contributed by atoms with Crippen molar-refractivity contribution < 1.29 is 4.79 Å². The monoisotopic (exact) mass is 312 g/mol. The first-order valence-corrected chi connectivity index (χ1v) is 7.84. The summed E-state index contributed by atoms with van der Waals surface area (Å²) < 4.78 is 0. The van der Waals surface area contributed by atoms with Crippen molar-refractivity contribution in [2.75, 3.05) is 25.0 Å². The minimum atomic E-state index is -0.0193. The van der Waals surface area contributed by atoms with Crippen LogP contribution >= 0.6 is 23.2 Å². The van der Waals surface area contributed by atoms with E-state index in [9.17, 15) is 4.79 Å². The SMILES string of the molecule is O=C(CN1CC2CCCC2C1)Nc1cc(Cl)ccc1Cl. The van der Waals surface area contributed by atoms with Crippen LogP contribution in [0.3, 0.4) is 0 Å². The number of hydrogen-bond acceptors (Lipinski definition) is 2. The van der Waals surface area contributed by atoms with Gasteiger partial charge in [-0.1, -0.05) is 29.6 Å². The first-order valence-electron chi connectivity index (χ1n) is 7.09. The molecule has 1 saturated heterocycles. The molecule has 1 saturated carbocycles. The van der Waals surface area contributed by atoms with Crippen LogP contribution in [0.2, 0.25) is 10.0 Å². The molecule has 1 amide bonds. The second kappa shape index (κ2) is 5.92. The van der Waals surface area contributed by atoms with E-state index >= 15 is 0 Å². The Labute approximate surface area is 129 Å². The minimum Gasteiger partial charge on any atom is -0.324 e. The minimum absolute atomic E-state index is 0.0193. The third kappa shape index (κ3) is 3.11. The molecule has 3 nitrogen and oxygen atoms in total. The molecule has 1 aromatic rings. The summed E-state index contributed by atoms with van der Waals surface area (Å²) in [6.07, 6.45) is 4.00. The van der Waals surface area contributed by atoms with E-state index in [2.05, 4.69) is 10.2 Å². The molecule has 1 aromatic carbocycles. The van der Waals surface area contributed by atoms with Gasteiger partial charge < -0.3 is 5.32 Å². The molecule has 2 aliphatic rings. The zero-order chi connectivity index (χ0) is 14.1. The van der Waals surface area contributed by atoms with Gasteiger partial charge in [0.15, 0.2) is 0 Å². The summed E-state index contributed by atoms with van der Waals surface area (Å²) in [6, 6.07) is 5.08. The van der Waals surface area contributed by atoms with Gasteiger partial charge in [-0.05, 0) is 42.9 Å². The molecule has 2 unspecified atom stereocenters. The molecule has 2 atom stereocenters.